The van der Waals surface area contributed by atoms with Gasteiger partial charge in [0.2, 0.25) is 0 Å². The van der Waals surface area contributed by atoms with Crippen molar-refractivity contribution in [1.29, 1.82) is 0 Å². The molecule has 0 saturated carbocycles. The summed E-state index contributed by atoms with van der Waals surface area (Å²) in [4.78, 5) is 12.2. The van der Waals surface area contributed by atoms with Gasteiger partial charge in [0.25, 0.3) is 0 Å². The Kier molecular flexibility index (Phi) is 4.93. The summed E-state index contributed by atoms with van der Waals surface area (Å²) in [6.45, 7) is 0.495. The van der Waals surface area contributed by atoms with Crippen molar-refractivity contribution in [1.82, 2.24) is 0 Å². The van der Waals surface area contributed by atoms with Gasteiger partial charge in [0.05, 0.1) is 0 Å². The summed E-state index contributed by atoms with van der Waals surface area (Å²) >= 11 is 0. The van der Waals surface area contributed by atoms with E-state index in [1.54, 1.807) is 6.07 Å². The van der Waals surface area contributed by atoms with Gasteiger partial charge in [0.1, 0.15) is 23.8 Å². The van der Waals surface area contributed by atoms with Crippen LogP contribution in [-0.2, 0) is 6.61 Å². The lowest BCUT2D eigenvalue weighted by molar-refractivity contribution is 0.306. The van der Waals surface area contributed by atoms with Crippen molar-refractivity contribution in [2.75, 3.05) is 5.73 Å². The molecule has 0 aliphatic heterocycles. The molecule has 4 rings (SSSR count). The van der Waals surface area contributed by atoms with E-state index in [0.717, 1.165) is 22.4 Å². The van der Waals surface area contributed by atoms with Crippen molar-refractivity contribution >= 4 is 5.69 Å². The molecule has 0 spiro atoms. The highest BCUT2D eigenvalue weighted by atomic mass is 16.5. The number of rotatable bonds is 5. The number of hydrogen-bond donors (Lipinski definition) is 1. The number of hydrogen-bond acceptors (Lipinski definition) is 4. The van der Waals surface area contributed by atoms with Crippen LogP contribution in [0.4, 0.5) is 5.69 Å². The largest absolute Gasteiger partial charge is 0.489 e. The topological polar surface area (TPSA) is 65.5 Å². The van der Waals surface area contributed by atoms with Crippen molar-refractivity contribution in [2.24, 2.45) is 0 Å². The highest BCUT2D eigenvalue weighted by molar-refractivity contribution is 5.78. The lowest BCUT2D eigenvalue weighted by atomic mass is 10.0. The second-order valence-electron chi connectivity index (χ2n) is 6.39. The zero-order valence-corrected chi connectivity index (χ0v) is 15.2. The minimum absolute atomic E-state index is 0.109. The molecule has 0 amide bonds. The molecule has 2 N–H and O–H groups in total. The summed E-state index contributed by atoms with van der Waals surface area (Å²) in [5.41, 5.74) is 8.94. The maximum atomic E-state index is 12.2. The molecule has 0 saturated heterocycles. The first-order valence-electron chi connectivity index (χ1n) is 8.97. The van der Waals surface area contributed by atoms with Crippen molar-refractivity contribution < 1.29 is 9.15 Å². The summed E-state index contributed by atoms with van der Waals surface area (Å²) in [7, 11) is 0. The Bertz CT molecular complexity index is 1120. The van der Waals surface area contributed by atoms with Crippen LogP contribution < -0.4 is 16.1 Å². The third-order valence-electron chi connectivity index (χ3n) is 4.46. The van der Waals surface area contributed by atoms with Crippen LogP contribution in [0.5, 0.6) is 5.75 Å². The number of anilines is 1. The molecule has 1 heterocycles. The van der Waals surface area contributed by atoms with E-state index < -0.39 is 5.63 Å². The first-order chi connectivity index (χ1) is 13.7. The van der Waals surface area contributed by atoms with Crippen molar-refractivity contribution in [3.8, 4) is 28.2 Å². The summed E-state index contributed by atoms with van der Waals surface area (Å²) < 4.78 is 11.2. The number of benzene rings is 3. The lowest BCUT2D eigenvalue weighted by Crippen LogP contribution is -2.08. The summed E-state index contributed by atoms with van der Waals surface area (Å²) in [5.74, 6) is 1.21. The van der Waals surface area contributed by atoms with Crippen LogP contribution in [0.3, 0.4) is 0 Å². The van der Waals surface area contributed by atoms with E-state index in [-0.39, 0.29) is 5.69 Å². The van der Waals surface area contributed by atoms with E-state index in [1.807, 2.05) is 84.9 Å². The molecule has 28 heavy (non-hydrogen) atoms. The van der Waals surface area contributed by atoms with Gasteiger partial charge < -0.3 is 14.9 Å². The Hall–Kier alpha value is -3.79. The molecule has 0 atom stereocenters. The standard InChI is InChI=1S/C24H19NO3/c25-23-21(18-9-5-2-6-10-18)15-22(28-24(23)26)19-11-13-20(14-12-19)27-16-17-7-3-1-4-8-17/h1-15H,16,25H2. The zero-order valence-electron chi connectivity index (χ0n) is 15.2. The van der Waals surface area contributed by atoms with Crippen molar-refractivity contribution in [3.63, 3.8) is 0 Å². The van der Waals surface area contributed by atoms with Gasteiger partial charge in [0.15, 0.2) is 0 Å². The smallest absolute Gasteiger partial charge is 0.360 e. The van der Waals surface area contributed by atoms with Gasteiger partial charge >= 0.3 is 5.63 Å². The minimum Gasteiger partial charge on any atom is -0.489 e. The first-order valence-corrected chi connectivity index (χ1v) is 8.97. The van der Waals surface area contributed by atoms with Gasteiger partial charge in [-0.2, -0.15) is 0 Å². The molecule has 138 valence electrons. The average Bonchev–Trinajstić information content (AvgIpc) is 2.76. The number of nitrogen functional groups attached to an aromatic ring is 1. The molecule has 4 aromatic rings. The molecule has 0 fully saturated rings. The Morgan fingerprint density at radius 1 is 0.786 bits per heavy atom. The van der Waals surface area contributed by atoms with Gasteiger partial charge in [-0.1, -0.05) is 60.7 Å². The maximum absolute atomic E-state index is 12.2. The molecule has 0 aliphatic carbocycles. The molecule has 0 aliphatic rings. The highest BCUT2D eigenvalue weighted by Crippen LogP contribution is 2.29. The van der Waals surface area contributed by atoms with Crippen LogP contribution >= 0.6 is 0 Å². The molecule has 0 unspecified atom stereocenters. The average molecular weight is 369 g/mol. The fourth-order valence-electron chi connectivity index (χ4n) is 2.96. The van der Waals surface area contributed by atoms with E-state index in [9.17, 15) is 4.79 Å². The third-order valence-corrected chi connectivity index (χ3v) is 4.46. The maximum Gasteiger partial charge on any atom is 0.360 e. The second-order valence-corrected chi connectivity index (χ2v) is 6.39. The van der Waals surface area contributed by atoms with Crippen LogP contribution in [0.1, 0.15) is 5.56 Å². The van der Waals surface area contributed by atoms with Crippen LogP contribution in [0.2, 0.25) is 0 Å². The Balaban J connectivity index is 1.59. The van der Waals surface area contributed by atoms with Crippen molar-refractivity contribution in [3.05, 3.63) is 107 Å². The SMILES string of the molecule is Nc1c(-c2ccccc2)cc(-c2ccc(OCc3ccccc3)cc2)oc1=O. The summed E-state index contributed by atoms with van der Waals surface area (Å²) in [6.07, 6.45) is 0. The predicted octanol–water partition coefficient (Wildman–Crippen LogP) is 5.14. The monoisotopic (exact) mass is 369 g/mol. The lowest BCUT2D eigenvalue weighted by Gasteiger charge is -2.09. The molecule has 3 aromatic carbocycles. The fourth-order valence-corrected chi connectivity index (χ4v) is 2.96. The molecule has 4 nitrogen and oxygen atoms in total. The summed E-state index contributed by atoms with van der Waals surface area (Å²) in [6, 6.07) is 28.8. The Morgan fingerprint density at radius 2 is 1.43 bits per heavy atom. The minimum atomic E-state index is -0.541. The van der Waals surface area contributed by atoms with Crippen LogP contribution in [-0.4, -0.2) is 0 Å². The Morgan fingerprint density at radius 3 is 2.11 bits per heavy atom. The molecular weight excluding hydrogens is 350 g/mol. The van der Waals surface area contributed by atoms with Gasteiger partial charge in [-0.15, -0.1) is 0 Å². The first kappa shape index (κ1) is 17.6. The Labute approximate surface area is 162 Å². The van der Waals surface area contributed by atoms with E-state index in [1.165, 1.54) is 0 Å². The quantitative estimate of drug-likeness (QED) is 0.529. The van der Waals surface area contributed by atoms with Crippen LogP contribution in [0, 0.1) is 0 Å². The number of ether oxygens (including phenoxy) is 1. The van der Waals surface area contributed by atoms with E-state index >= 15 is 0 Å². The third kappa shape index (κ3) is 3.81. The molecule has 0 bridgehead atoms. The van der Waals surface area contributed by atoms with Crippen LogP contribution in [0.15, 0.2) is 100 Å². The second kappa shape index (κ2) is 7.84. The summed E-state index contributed by atoms with van der Waals surface area (Å²) in [5, 5.41) is 0. The van der Waals surface area contributed by atoms with Gasteiger partial charge in [-0.05, 0) is 41.5 Å². The van der Waals surface area contributed by atoms with Crippen molar-refractivity contribution in [2.45, 2.75) is 6.61 Å². The normalized spacial score (nSPS) is 10.6. The van der Waals surface area contributed by atoms with Gasteiger partial charge in [0, 0.05) is 11.1 Å². The van der Waals surface area contributed by atoms with E-state index in [0.29, 0.717) is 17.9 Å². The molecule has 0 radical (unpaired) electrons. The van der Waals surface area contributed by atoms with Crippen LogP contribution in [0.25, 0.3) is 22.5 Å². The fraction of sp³-hybridized carbons (Fsp3) is 0.0417. The van der Waals surface area contributed by atoms with E-state index in [2.05, 4.69) is 0 Å². The van der Waals surface area contributed by atoms with Gasteiger partial charge in [-0.25, -0.2) is 4.79 Å². The van der Waals surface area contributed by atoms with E-state index in [4.69, 9.17) is 14.9 Å². The predicted molar refractivity (Wildman–Crippen MR) is 111 cm³/mol. The molecule has 1 aromatic heterocycles. The molecule has 4 heteroatoms. The molecular formula is C24H19NO3. The van der Waals surface area contributed by atoms with Gasteiger partial charge in [-0.3, -0.25) is 0 Å². The highest BCUT2D eigenvalue weighted by Gasteiger charge is 2.12. The number of nitrogens with two attached hydrogens (primary N) is 1. The zero-order chi connectivity index (χ0) is 19.3.